The van der Waals surface area contributed by atoms with Crippen LogP contribution >= 0.6 is 11.6 Å². The molecule has 1 aliphatic heterocycles. The van der Waals surface area contributed by atoms with Gasteiger partial charge in [0.25, 0.3) is 0 Å². The Balaban J connectivity index is 1.81. The molecule has 0 atom stereocenters. The Kier molecular flexibility index (Phi) is 8.82. The van der Waals surface area contributed by atoms with Gasteiger partial charge in [0.15, 0.2) is 0 Å². The first kappa shape index (κ1) is 23.5. The van der Waals surface area contributed by atoms with E-state index in [0.29, 0.717) is 19.1 Å². The number of hydrogen-bond donors (Lipinski definition) is 1. The van der Waals surface area contributed by atoms with Crippen molar-refractivity contribution in [3.8, 4) is 5.75 Å². The number of benzene rings is 2. The van der Waals surface area contributed by atoms with Gasteiger partial charge < -0.3 is 14.8 Å². The highest BCUT2D eigenvalue weighted by atomic mass is 35.5. The van der Waals surface area contributed by atoms with Crippen LogP contribution in [0.15, 0.2) is 103 Å². The zero-order valence-corrected chi connectivity index (χ0v) is 19.3. The molecule has 3 nitrogen and oxygen atoms in total. The molecular weight excluding hydrogens is 418 g/mol. The number of hydrogen-bond acceptors (Lipinski definition) is 3. The Morgan fingerprint density at radius 3 is 2.69 bits per heavy atom. The highest BCUT2D eigenvalue weighted by molar-refractivity contribution is 6.19. The number of ether oxygens (including phenoxy) is 2. The Labute approximate surface area is 196 Å². The highest BCUT2D eigenvalue weighted by Gasteiger charge is 2.19. The summed E-state index contributed by atoms with van der Waals surface area (Å²) in [6, 6.07) is 16.5. The molecule has 0 fully saturated rings. The van der Waals surface area contributed by atoms with Crippen LogP contribution < -0.4 is 10.1 Å². The summed E-state index contributed by atoms with van der Waals surface area (Å²) in [5.74, 6) is 2.01. The largest absolute Gasteiger partial charge is 0.489 e. The zero-order valence-electron chi connectivity index (χ0n) is 18.6. The van der Waals surface area contributed by atoms with Crippen LogP contribution in [0.5, 0.6) is 5.75 Å². The van der Waals surface area contributed by atoms with Crippen LogP contribution in [-0.2, 0) is 17.8 Å². The van der Waals surface area contributed by atoms with E-state index in [2.05, 4.69) is 49.7 Å². The van der Waals surface area contributed by atoms with Crippen LogP contribution in [0, 0.1) is 0 Å². The third-order valence-corrected chi connectivity index (χ3v) is 5.44. The van der Waals surface area contributed by atoms with E-state index in [0.717, 1.165) is 52.4 Å². The van der Waals surface area contributed by atoms with E-state index < -0.39 is 0 Å². The lowest BCUT2D eigenvalue weighted by Gasteiger charge is -2.25. The predicted molar refractivity (Wildman–Crippen MR) is 135 cm³/mol. The standard InChI is InChI=1S/C28H30ClNO2/c1-4-9-22(5-2)19-32-27(14-16-29)21(3)28-26-13-12-25(18-24(26)15-17-30-28)31-20-23-10-7-6-8-11-23/h4-14,18,30H,1-2,15-17,19-20H2,3H3/b22-9+,27-14+,28-21-. The van der Waals surface area contributed by atoms with E-state index in [1.54, 1.807) is 12.2 Å². The van der Waals surface area contributed by atoms with E-state index in [1.807, 2.05) is 36.4 Å². The number of halogens is 1. The second-order valence-electron chi connectivity index (χ2n) is 7.46. The van der Waals surface area contributed by atoms with Crippen molar-refractivity contribution in [2.24, 2.45) is 0 Å². The summed E-state index contributed by atoms with van der Waals surface area (Å²) in [4.78, 5) is 0. The molecule has 2 aromatic carbocycles. The Bertz CT molecular complexity index is 1030. The number of alkyl halides is 1. The van der Waals surface area contributed by atoms with Gasteiger partial charge in [0, 0.05) is 29.3 Å². The highest BCUT2D eigenvalue weighted by Crippen LogP contribution is 2.31. The lowest BCUT2D eigenvalue weighted by atomic mass is 9.94. The third kappa shape index (κ3) is 6.18. The molecule has 0 unspecified atom stereocenters. The number of rotatable bonds is 10. The third-order valence-electron chi connectivity index (χ3n) is 5.29. The topological polar surface area (TPSA) is 30.5 Å². The maximum Gasteiger partial charge on any atom is 0.122 e. The van der Waals surface area contributed by atoms with Gasteiger partial charge in [0.2, 0.25) is 0 Å². The number of allylic oxidation sites excluding steroid dienone is 4. The quantitative estimate of drug-likeness (QED) is 0.253. The molecule has 32 heavy (non-hydrogen) atoms. The molecule has 0 saturated heterocycles. The monoisotopic (exact) mass is 447 g/mol. The lowest BCUT2D eigenvalue weighted by Crippen LogP contribution is -2.24. The molecule has 0 bridgehead atoms. The molecule has 166 valence electrons. The summed E-state index contributed by atoms with van der Waals surface area (Å²) in [6.45, 7) is 11.4. The van der Waals surface area contributed by atoms with Gasteiger partial charge in [-0.2, -0.15) is 0 Å². The van der Waals surface area contributed by atoms with Crippen LogP contribution in [0.1, 0.15) is 23.6 Å². The summed E-state index contributed by atoms with van der Waals surface area (Å²) < 4.78 is 12.1. The molecule has 0 radical (unpaired) electrons. The van der Waals surface area contributed by atoms with Gasteiger partial charge in [0.05, 0.1) is 0 Å². The lowest BCUT2D eigenvalue weighted by molar-refractivity contribution is 0.250. The molecule has 1 N–H and O–H groups in total. The first-order chi connectivity index (χ1) is 15.7. The fraction of sp³-hybridized carbons (Fsp3) is 0.214. The van der Waals surface area contributed by atoms with Crippen LogP contribution in [0.25, 0.3) is 5.70 Å². The number of nitrogens with one attached hydrogen (secondary N) is 1. The summed E-state index contributed by atoms with van der Waals surface area (Å²) >= 11 is 6.03. The second kappa shape index (κ2) is 12.0. The Morgan fingerprint density at radius 2 is 1.97 bits per heavy atom. The van der Waals surface area contributed by atoms with Gasteiger partial charge in [-0.3, -0.25) is 0 Å². The average molecular weight is 448 g/mol. The Hall–Kier alpha value is -3.17. The molecule has 1 heterocycles. The first-order valence-electron chi connectivity index (χ1n) is 10.7. The summed E-state index contributed by atoms with van der Waals surface area (Å²) in [5, 5.41) is 3.54. The maximum absolute atomic E-state index is 6.10. The molecule has 0 aliphatic carbocycles. The van der Waals surface area contributed by atoms with Gasteiger partial charge in [-0.05, 0) is 54.3 Å². The van der Waals surface area contributed by atoms with E-state index in [4.69, 9.17) is 21.1 Å². The summed E-state index contributed by atoms with van der Waals surface area (Å²) in [6.07, 6.45) is 8.22. The average Bonchev–Trinajstić information content (AvgIpc) is 2.84. The fourth-order valence-corrected chi connectivity index (χ4v) is 3.74. The van der Waals surface area contributed by atoms with E-state index in [9.17, 15) is 0 Å². The maximum atomic E-state index is 6.10. The van der Waals surface area contributed by atoms with Crippen LogP contribution in [0.2, 0.25) is 0 Å². The first-order valence-corrected chi connectivity index (χ1v) is 11.3. The van der Waals surface area contributed by atoms with Gasteiger partial charge in [-0.25, -0.2) is 0 Å². The van der Waals surface area contributed by atoms with E-state index in [-0.39, 0.29) is 0 Å². The number of fused-ring (bicyclic) bond motifs is 1. The van der Waals surface area contributed by atoms with Gasteiger partial charge in [-0.1, -0.05) is 61.7 Å². The van der Waals surface area contributed by atoms with Crippen LogP contribution in [-0.4, -0.2) is 19.0 Å². The minimum Gasteiger partial charge on any atom is -0.489 e. The van der Waals surface area contributed by atoms with Crippen molar-refractivity contribution in [2.75, 3.05) is 19.0 Å². The molecule has 1 aliphatic rings. The molecule has 3 rings (SSSR count). The summed E-state index contributed by atoms with van der Waals surface area (Å²) in [5.41, 5.74) is 6.61. The van der Waals surface area contributed by atoms with Gasteiger partial charge in [0.1, 0.15) is 24.7 Å². The molecular formula is C28H30ClNO2. The summed E-state index contributed by atoms with van der Waals surface area (Å²) in [7, 11) is 0. The molecule has 0 saturated carbocycles. The molecule has 0 aromatic heterocycles. The molecule has 2 aromatic rings. The smallest absolute Gasteiger partial charge is 0.122 e. The van der Waals surface area contributed by atoms with Crippen molar-refractivity contribution in [3.05, 3.63) is 120 Å². The van der Waals surface area contributed by atoms with Gasteiger partial charge in [-0.15, -0.1) is 11.6 Å². The minimum absolute atomic E-state index is 0.369. The molecule has 0 spiro atoms. The SMILES string of the molecule is C=C/C=C(\C=C)COC(=C/CCl)/C(C)=C1\NCCc2cc(OCc3ccccc3)ccc21. The van der Waals surface area contributed by atoms with Crippen molar-refractivity contribution in [3.63, 3.8) is 0 Å². The Morgan fingerprint density at radius 1 is 1.16 bits per heavy atom. The van der Waals surface area contributed by atoms with Crippen molar-refractivity contribution in [1.82, 2.24) is 5.32 Å². The zero-order chi connectivity index (χ0) is 22.8. The van der Waals surface area contributed by atoms with Crippen molar-refractivity contribution >= 4 is 17.3 Å². The van der Waals surface area contributed by atoms with Crippen molar-refractivity contribution in [1.29, 1.82) is 0 Å². The normalized spacial score (nSPS) is 15.3. The van der Waals surface area contributed by atoms with Crippen molar-refractivity contribution < 1.29 is 9.47 Å². The van der Waals surface area contributed by atoms with Crippen LogP contribution in [0.4, 0.5) is 0 Å². The second-order valence-corrected chi connectivity index (χ2v) is 7.77. The van der Waals surface area contributed by atoms with E-state index in [1.165, 1.54) is 5.56 Å². The van der Waals surface area contributed by atoms with Gasteiger partial charge >= 0.3 is 0 Å². The minimum atomic E-state index is 0.369. The molecule has 0 amide bonds. The van der Waals surface area contributed by atoms with E-state index >= 15 is 0 Å². The predicted octanol–water partition coefficient (Wildman–Crippen LogP) is 6.58. The van der Waals surface area contributed by atoms with Crippen LogP contribution in [0.3, 0.4) is 0 Å². The molecule has 4 heteroatoms. The fourth-order valence-electron chi connectivity index (χ4n) is 3.60. The van der Waals surface area contributed by atoms with Crippen molar-refractivity contribution in [2.45, 2.75) is 20.0 Å².